The first-order valence-electron chi connectivity index (χ1n) is 40.0. The zero-order chi connectivity index (χ0) is 69.0. The summed E-state index contributed by atoms with van der Waals surface area (Å²) in [5, 5.41) is 11.9. The Morgan fingerprint density at radius 2 is 0.600 bits per heavy atom. The molecule has 0 saturated carbocycles. The summed E-state index contributed by atoms with van der Waals surface area (Å²) < 4.78 is 22.9. The van der Waals surface area contributed by atoms with Crippen molar-refractivity contribution < 1.29 is 42.9 Å². The highest BCUT2D eigenvalue weighted by Crippen LogP contribution is 2.19. The first kappa shape index (κ1) is 91.0. The van der Waals surface area contributed by atoms with Crippen molar-refractivity contribution in [2.75, 3.05) is 47.5 Å². The SMILES string of the molecule is CC/C=C\C/C=C\C/C=C\C/C=C\C/C=C\C/C=C\C/C=C\CCCCCCCCCCCCCC(=O)OC(COC(=O)CCCCCCCCCCCCCCCCCCCCCCCCCCC/C=C\C/C=C\CCCCCCC)COC(OCC[N+](C)(C)C)C(=O)[O-]. The van der Waals surface area contributed by atoms with Gasteiger partial charge >= 0.3 is 11.9 Å². The van der Waals surface area contributed by atoms with E-state index in [1.54, 1.807) is 0 Å². The normalized spacial score (nSPS) is 13.2. The number of esters is 2. The number of aliphatic carboxylic acids is 1. The zero-order valence-electron chi connectivity index (χ0n) is 62.8. The first-order chi connectivity index (χ1) is 46.6. The van der Waals surface area contributed by atoms with E-state index in [2.05, 4.69) is 123 Å². The highest BCUT2D eigenvalue weighted by Gasteiger charge is 2.22. The fourth-order valence-corrected chi connectivity index (χ4v) is 11.4. The Balaban J connectivity index is 4.02. The average molecular weight is 1330 g/mol. The first-order valence-corrected chi connectivity index (χ1v) is 40.0. The summed E-state index contributed by atoms with van der Waals surface area (Å²) in [6.45, 7) is 4.66. The molecule has 0 aliphatic rings. The third-order valence-electron chi connectivity index (χ3n) is 17.5. The summed E-state index contributed by atoms with van der Waals surface area (Å²) in [7, 11) is 5.94. The number of unbranched alkanes of at least 4 members (excludes halogenated alkanes) is 41. The van der Waals surface area contributed by atoms with E-state index in [9.17, 15) is 19.5 Å². The number of hydrogen-bond acceptors (Lipinski definition) is 8. The fourth-order valence-electron chi connectivity index (χ4n) is 11.4. The fraction of sp³-hybridized carbons (Fsp3) is 0.756. The summed E-state index contributed by atoms with van der Waals surface area (Å²) in [6.07, 6.45) is 104. The van der Waals surface area contributed by atoms with E-state index in [0.717, 1.165) is 96.3 Å². The molecule has 0 heterocycles. The van der Waals surface area contributed by atoms with Crippen LogP contribution in [0.15, 0.2) is 109 Å². The molecule has 0 aliphatic heterocycles. The standard InChI is InChI=1S/C86H151NO8/c1-6-8-10-12-14-16-18-20-22-24-26-28-30-32-34-36-38-40-41-42-43-45-46-48-50-52-54-56-58-60-62-64-66-68-70-72-74-76-83(88)93-80-82(81-94-86(85(90)91)92-79-78-87(3,4)5)95-84(89)77-75-73-71-69-67-65-63-61-59-57-55-53-51-49-47-44-39-37-35-33-31-29-27-25-23-21-19-17-15-13-11-9-7-2/h9,11,15,17-18,20-21,23-24,26-27,29,33,35,39,44,49,51,82,86H,6-8,10,12-14,16,19,22,25,28,30-32,34,36-38,40-43,45-48,50,52-81H2,1-5H3/b11-9-,17-15-,20-18-,23-21-,26-24-,29-27-,35-33-,44-39-,51-49-. The van der Waals surface area contributed by atoms with E-state index in [1.807, 2.05) is 21.1 Å². The molecule has 0 radical (unpaired) electrons. The van der Waals surface area contributed by atoms with Crippen LogP contribution in [0, 0.1) is 0 Å². The number of carboxylic acids is 1. The van der Waals surface area contributed by atoms with Crippen molar-refractivity contribution in [3.63, 3.8) is 0 Å². The Bertz CT molecular complexity index is 1930. The minimum atomic E-state index is -1.63. The van der Waals surface area contributed by atoms with Crippen LogP contribution in [-0.4, -0.2) is 82.3 Å². The van der Waals surface area contributed by atoms with Gasteiger partial charge < -0.3 is 33.3 Å². The molecule has 0 amide bonds. The number of allylic oxidation sites excluding steroid dienone is 18. The van der Waals surface area contributed by atoms with E-state index < -0.39 is 24.3 Å². The number of carboxylic acid groups (broad SMARTS) is 1. The van der Waals surface area contributed by atoms with Crippen molar-refractivity contribution in [1.82, 2.24) is 0 Å². The molecule has 0 aromatic rings. The molecule has 0 fully saturated rings. The second kappa shape index (κ2) is 75.7. The van der Waals surface area contributed by atoms with Gasteiger partial charge in [-0.15, -0.1) is 0 Å². The molecule has 0 saturated heterocycles. The predicted molar refractivity (Wildman–Crippen MR) is 407 cm³/mol. The van der Waals surface area contributed by atoms with Crippen molar-refractivity contribution in [3.05, 3.63) is 109 Å². The van der Waals surface area contributed by atoms with Crippen LogP contribution in [0.4, 0.5) is 0 Å². The maximum atomic E-state index is 13.0. The topological polar surface area (TPSA) is 111 Å². The van der Waals surface area contributed by atoms with Crippen LogP contribution < -0.4 is 5.11 Å². The second-order valence-corrected chi connectivity index (χ2v) is 28.0. The van der Waals surface area contributed by atoms with E-state index in [4.69, 9.17) is 18.9 Å². The molecule has 548 valence electrons. The molecule has 0 aliphatic carbocycles. The number of carbonyl (C=O) groups is 3. The van der Waals surface area contributed by atoms with Crippen molar-refractivity contribution >= 4 is 17.9 Å². The molecule has 95 heavy (non-hydrogen) atoms. The summed E-state index contributed by atoms with van der Waals surface area (Å²) >= 11 is 0. The van der Waals surface area contributed by atoms with Crippen molar-refractivity contribution in [2.45, 2.75) is 373 Å². The second-order valence-electron chi connectivity index (χ2n) is 28.0. The van der Waals surface area contributed by atoms with E-state index >= 15 is 0 Å². The molecule has 0 aromatic heterocycles. The van der Waals surface area contributed by atoms with Gasteiger partial charge in [0.15, 0.2) is 12.4 Å². The van der Waals surface area contributed by atoms with Gasteiger partial charge in [-0.3, -0.25) is 9.59 Å². The predicted octanol–water partition coefficient (Wildman–Crippen LogP) is 24.4. The largest absolute Gasteiger partial charge is 0.545 e. The Morgan fingerprint density at radius 3 is 0.895 bits per heavy atom. The van der Waals surface area contributed by atoms with Gasteiger partial charge in [0.05, 0.1) is 40.3 Å². The molecule has 2 unspecified atom stereocenters. The Kier molecular flexibility index (Phi) is 72.5. The minimum Gasteiger partial charge on any atom is -0.545 e. The molecule has 0 rings (SSSR count). The highest BCUT2D eigenvalue weighted by molar-refractivity contribution is 5.70. The molecular formula is C86H151NO8. The summed E-state index contributed by atoms with van der Waals surface area (Å²) in [4.78, 5) is 37.6. The molecule has 0 aromatic carbocycles. The minimum absolute atomic E-state index is 0.145. The maximum Gasteiger partial charge on any atom is 0.306 e. The van der Waals surface area contributed by atoms with Gasteiger partial charge in [0, 0.05) is 12.8 Å². The number of rotatable bonds is 74. The molecule has 0 N–H and O–H groups in total. The van der Waals surface area contributed by atoms with Gasteiger partial charge in [0.25, 0.3) is 0 Å². The van der Waals surface area contributed by atoms with Gasteiger partial charge in [-0.25, -0.2) is 0 Å². The zero-order valence-corrected chi connectivity index (χ0v) is 62.8. The number of hydrogen-bond donors (Lipinski definition) is 0. The van der Waals surface area contributed by atoms with Gasteiger partial charge in [-0.05, 0) is 103 Å². The molecule has 2 atom stereocenters. The molecule has 0 bridgehead atoms. The summed E-state index contributed by atoms with van der Waals surface area (Å²) in [5.74, 6) is -2.27. The lowest BCUT2D eigenvalue weighted by molar-refractivity contribution is -0.870. The molecule has 9 heteroatoms. The summed E-state index contributed by atoms with van der Waals surface area (Å²) in [6, 6.07) is 0. The lowest BCUT2D eigenvalue weighted by atomic mass is 10.0. The monoisotopic (exact) mass is 1330 g/mol. The van der Waals surface area contributed by atoms with Crippen LogP contribution in [-0.2, 0) is 33.3 Å². The van der Waals surface area contributed by atoms with Gasteiger partial charge in [0.2, 0.25) is 0 Å². The van der Waals surface area contributed by atoms with Crippen LogP contribution in [0.3, 0.4) is 0 Å². The van der Waals surface area contributed by atoms with Gasteiger partial charge in [0.1, 0.15) is 13.2 Å². The van der Waals surface area contributed by atoms with Crippen molar-refractivity contribution in [1.29, 1.82) is 0 Å². The van der Waals surface area contributed by atoms with Crippen LogP contribution in [0.1, 0.15) is 361 Å². The van der Waals surface area contributed by atoms with Gasteiger partial charge in [-0.1, -0.05) is 354 Å². The van der Waals surface area contributed by atoms with Gasteiger partial charge in [-0.2, -0.15) is 0 Å². The number of nitrogens with zero attached hydrogens (tertiary/aromatic N) is 1. The van der Waals surface area contributed by atoms with Crippen LogP contribution in [0.5, 0.6) is 0 Å². The lowest BCUT2D eigenvalue weighted by Gasteiger charge is -2.26. The Morgan fingerprint density at radius 1 is 0.326 bits per heavy atom. The van der Waals surface area contributed by atoms with E-state index in [1.165, 1.54) is 231 Å². The van der Waals surface area contributed by atoms with Crippen molar-refractivity contribution in [3.8, 4) is 0 Å². The average Bonchev–Trinajstić information content (AvgIpc) is 3.75. The molecule has 9 nitrogen and oxygen atoms in total. The summed E-state index contributed by atoms with van der Waals surface area (Å²) in [5.41, 5.74) is 0. The van der Waals surface area contributed by atoms with E-state index in [-0.39, 0.29) is 32.2 Å². The number of ether oxygens (including phenoxy) is 4. The lowest BCUT2D eigenvalue weighted by Crippen LogP contribution is -2.44. The number of quaternary nitrogens is 1. The van der Waals surface area contributed by atoms with Crippen LogP contribution in [0.2, 0.25) is 0 Å². The third-order valence-corrected chi connectivity index (χ3v) is 17.5. The van der Waals surface area contributed by atoms with E-state index in [0.29, 0.717) is 23.9 Å². The quantitative estimate of drug-likeness (QED) is 0.0195. The number of likely N-dealkylation sites (N-methyl/N-ethyl adjacent to an activating group) is 1. The van der Waals surface area contributed by atoms with Crippen LogP contribution in [0.25, 0.3) is 0 Å². The highest BCUT2D eigenvalue weighted by atomic mass is 16.7. The smallest absolute Gasteiger partial charge is 0.306 e. The van der Waals surface area contributed by atoms with Crippen molar-refractivity contribution in [2.24, 2.45) is 0 Å². The Labute approximate surface area is 587 Å². The molecular weight excluding hydrogens is 1170 g/mol. The Hall–Kier alpha value is -4.05. The molecule has 0 spiro atoms. The number of carbonyl (C=O) groups excluding carboxylic acids is 3. The van der Waals surface area contributed by atoms with Crippen LogP contribution >= 0.6 is 0 Å². The third kappa shape index (κ3) is 77.2. The maximum absolute atomic E-state index is 13.0.